The van der Waals surface area contributed by atoms with Gasteiger partial charge in [-0.25, -0.2) is 9.59 Å². The fourth-order valence-electron chi connectivity index (χ4n) is 2.05. The molecule has 10 heteroatoms. The smallest absolute Gasteiger partial charge is 0.387 e. The Labute approximate surface area is 167 Å². The summed E-state index contributed by atoms with van der Waals surface area (Å²) in [4.78, 5) is 35.5. The van der Waals surface area contributed by atoms with E-state index in [9.17, 15) is 23.2 Å². The minimum Gasteiger partial charge on any atom is -0.493 e. The molecule has 0 aliphatic carbocycles. The van der Waals surface area contributed by atoms with Gasteiger partial charge in [0.1, 0.15) is 0 Å². The van der Waals surface area contributed by atoms with Crippen LogP contribution < -0.4 is 20.1 Å². The number of para-hydroxylation sites is 1. The molecule has 0 spiro atoms. The van der Waals surface area contributed by atoms with Gasteiger partial charge in [-0.3, -0.25) is 10.1 Å². The molecule has 1 rings (SSSR count). The molecule has 1 atom stereocenters. The highest BCUT2D eigenvalue weighted by Gasteiger charge is 2.21. The van der Waals surface area contributed by atoms with Crippen LogP contribution in [0.4, 0.5) is 13.6 Å². The van der Waals surface area contributed by atoms with Crippen LogP contribution in [-0.4, -0.2) is 43.3 Å². The molecule has 29 heavy (non-hydrogen) atoms. The zero-order valence-electron chi connectivity index (χ0n) is 16.7. The molecule has 0 saturated heterocycles. The molecule has 0 unspecified atom stereocenters. The number of nitrogens with one attached hydrogen (secondary N) is 2. The van der Waals surface area contributed by atoms with Gasteiger partial charge >= 0.3 is 18.6 Å². The van der Waals surface area contributed by atoms with E-state index < -0.39 is 36.2 Å². The Morgan fingerprint density at radius 1 is 1.17 bits per heavy atom. The van der Waals surface area contributed by atoms with Crippen LogP contribution in [0.3, 0.4) is 0 Å². The van der Waals surface area contributed by atoms with E-state index in [1.807, 2.05) is 0 Å². The average Bonchev–Trinajstić information content (AvgIpc) is 2.58. The van der Waals surface area contributed by atoms with Gasteiger partial charge in [0.2, 0.25) is 0 Å². The molecule has 2 N–H and O–H groups in total. The minimum absolute atomic E-state index is 0.0541. The molecule has 0 bridgehead atoms. The molecule has 0 aliphatic rings. The monoisotopic (exact) mass is 414 g/mol. The quantitative estimate of drug-likeness (QED) is 0.525. The lowest BCUT2D eigenvalue weighted by Crippen LogP contribution is -2.50. The van der Waals surface area contributed by atoms with Crippen LogP contribution in [0.15, 0.2) is 24.3 Å². The molecule has 8 nitrogen and oxygen atoms in total. The highest BCUT2D eigenvalue weighted by atomic mass is 19.3. The Morgan fingerprint density at radius 3 is 2.38 bits per heavy atom. The summed E-state index contributed by atoms with van der Waals surface area (Å²) in [5.74, 6) is -1.94. The van der Waals surface area contributed by atoms with Gasteiger partial charge in [0, 0.05) is 17.2 Å². The number of imide groups is 1. The van der Waals surface area contributed by atoms with E-state index in [0.717, 1.165) is 6.08 Å². The van der Waals surface area contributed by atoms with Crippen molar-refractivity contribution in [1.29, 1.82) is 0 Å². The average molecular weight is 414 g/mol. The van der Waals surface area contributed by atoms with Crippen LogP contribution in [0.1, 0.15) is 33.3 Å². The van der Waals surface area contributed by atoms with Crippen LogP contribution in [0, 0.1) is 0 Å². The fourth-order valence-corrected chi connectivity index (χ4v) is 2.05. The Balaban J connectivity index is 2.76. The lowest BCUT2D eigenvalue weighted by atomic mass is 10.1. The number of rotatable bonds is 7. The van der Waals surface area contributed by atoms with Crippen molar-refractivity contribution in [2.24, 2.45) is 0 Å². The van der Waals surface area contributed by atoms with Crippen molar-refractivity contribution in [2.45, 2.75) is 45.9 Å². The van der Waals surface area contributed by atoms with Crippen LogP contribution in [-0.2, 0) is 14.3 Å². The van der Waals surface area contributed by atoms with Gasteiger partial charge in [-0.15, -0.1) is 0 Å². The highest BCUT2D eigenvalue weighted by molar-refractivity contribution is 5.98. The summed E-state index contributed by atoms with van der Waals surface area (Å²) in [7, 11) is 1.28. The molecule has 0 heterocycles. The van der Waals surface area contributed by atoms with E-state index in [2.05, 4.69) is 15.4 Å². The van der Waals surface area contributed by atoms with E-state index in [-0.39, 0.29) is 17.1 Å². The summed E-state index contributed by atoms with van der Waals surface area (Å²) in [5, 5.41) is 4.58. The van der Waals surface area contributed by atoms with Crippen LogP contribution >= 0.6 is 0 Å². The summed E-state index contributed by atoms with van der Waals surface area (Å²) in [6, 6.07) is 3.64. The topological polar surface area (TPSA) is 103 Å². The van der Waals surface area contributed by atoms with Crippen molar-refractivity contribution in [3.8, 4) is 11.5 Å². The third-order valence-electron chi connectivity index (χ3n) is 3.22. The molecule has 1 aromatic carbocycles. The number of hydrogen-bond acceptors (Lipinski definition) is 6. The second kappa shape index (κ2) is 10.4. The first kappa shape index (κ1) is 23.9. The van der Waals surface area contributed by atoms with E-state index >= 15 is 0 Å². The summed E-state index contributed by atoms with van der Waals surface area (Å²) >= 11 is 0. The van der Waals surface area contributed by atoms with Gasteiger partial charge < -0.3 is 19.5 Å². The Hall–Kier alpha value is -3.17. The molecular weight excluding hydrogens is 390 g/mol. The van der Waals surface area contributed by atoms with Gasteiger partial charge in [0.15, 0.2) is 17.6 Å². The standard InChI is InChI=1S/C19H24F2N2O6/c1-11(16(25)22-18(26)23-19(2,3)4)28-14(24)10-9-12-7-6-8-13(27-5)15(12)29-17(20)21/h6-11,17H,1-5H3,(H2,22,23,25,26)/b10-9+/t11-/m1/s1. The first-order valence-corrected chi connectivity index (χ1v) is 8.56. The normalized spacial score (nSPS) is 12.4. The zero-order chi connectivity index (χ0) is 22.2. The highest BCUT2D eigenvalue weighted by Crippen LogP contribution is 2.33. The number of halogens is 2. The predicted molar refractivity (Wildman–Crippen MR) is 101 cm³/mol. The summed E-state index contributed by atoms with van der Waals surface area (Å²) in [6.07, 6.45) is 0.853. The third-order valence-corrected chi connectivity index (χ3v) is 3.22. The van der Waals surface area contributed by atoms with Gasteiger partial charge in [-0.2, -0.15) is 8.78 Å². The molecule has 3 amide bonds. The largest absolute Gasteiger partial charge is 0.493 e. The molecule has 0 aliphatic heterocycles. The number of benzene rings is 1. The Kier molecular flexibility index (Phi) is 8.56. The van der Waals surface area contributed by atoms with Crippen LogP contribution in [0.2, 0.25) is 0 Å². The molecule has 1 aromatic rings. The maximum absolute atomic E-state index is 12.6. The summed E-state index contributed by atoms with van der Waals surface area (Å²) < 4.78 is 39.5. The lowest BCUT2D eigenvalue weighted by Gasteiger charge is -2.21. The van der Waals surface area contributed by atoms with E-state index in [1.54, 1.807) is 20.8 Å². The molecular formula is C19H24F2N2O6. The van der Waals surface area contributed by atoms with Gasteiger partial charge in [-0.05, 0) is 39.8 Å². The summed E-state index contributed by atoms with van der Waals surface area (Å²) in [6.45, 7) is 3.39. The molecule has 0 fully saturated rings. The maximum atomic E-state index is 12.6. The minimum atomic E-state index is -3.09. The Bertz CT molecular complexity index is 774. The molecule has 0 aromatic heterocycles. The van der Waals surface area contributed by atoms with Crippen LogP contribution in [0.25, 0.3) is 6.08 Å². The number of alkyl halides is 2. The van der Waals surface area contributed by atoms with Crippen molar-refractivity contribution in [2.75, 3.05) is 7.11 Å². The van der Waals surface area contributed by atoms with Crippen LogP contribution in [0.5, 0.6) is 11.5 Å². The maximum Gasteiger partial charge on any atom is 0.387 e. The van der Waals surface area contributed by atoms with Crippen molar-refractivity contribution < 1.29 is 37.4 Å². The van der Waals surface area contributed by atoms with Crippen molar-refractivity contribution in [1.82, 2.24) is 10.6 Å². The van der Waals surface area contributed by atoms with Crippen molar-refractivity contribution >= 4 is 24.0 Å². The molecule has 0 radical (unpaired) electrons. The van der Waals surface area contributed by atoms with E-state index in [0.29, 0.717) is 0 Å². The number of esters is 1. The third kappa shape index (κ3) is 8.58. The molecule has 160 valence electrons. The lowest BCUT2D eigenvalue weighted by molar-refractivity contribution is -0.149. The number of methoxy groups -OCH3 is 1. The number of carbonyl (C=O) groups excluding carboxylic acids is 3. The molecule has 0 saturated carbocycles. The number of carbonyl (C=O) groups is 3. The number of urea groups is 1. The SMILES string of the molecule is COc1cccc(/C=C/C(=O)O[C@H](C)C(=O)NC(=O)NC(C)(C)C)c1OC(F)F. The fraction of sp³-hybridized carbons (Fsp3) is 0.421. The van der Waals surface area contributed by atoms with Gasteiger partial charge in [-0.1, -0.05) is 12.1 Å². The first-order valence-electron chi connectivity index (χ1n) is 8.56. The summed E-state index contributed by atoms with van der Waals surface area (Å²) in [5.41, 5.74) is -0.412. The van der Waals surface area contributed by atoms with Gasteiger partial charge in [0.05, 0.1) is 7.11 Å². The predicted octanol–water partition coefficient (Wildman–Crippen LogP) is 2.87. The second-order valence-electron chi connectivity index (χ2n) is 6.86. The van der Waals surface area contributed by atoms with Crippen molar-refractivity contribution in [3.63, 3.8) is 0 Å². The second-order valence-corrected chi connectivity index (χ2v) is 6.86. The number of amides is 3. The first-order chi connectivity index (χ1) is 13.4. The van der Waals surface area contributed by atoms with Crippen molar-refractivity contribution in [3.05, 3.63) is 29.8 Å². The Morgan fingerprint density at radius 2 is 1.83 bits per heavy atom. The number of hydrogen-bond donors (Lipinski definition) is 2. The van der Waals surface area contributed by atoms with E-state index in [4.69, 9.17) is 9.47 Å². The van der Waals surface area contributed by atoms with Gasteiger partial charge in [0.25, 0.3) is 5.91 Å². The van der Waals surface area contributed by atoms with E-state index in [1.165, 1.54) is 38.3 Å². The number of ether oxygens (including phenoxy) is 3. The zero-order valence-corrected chi connectivity index (χ0v) is 16.7.